The van der Waals surface area contributed by atoms with Crippen molar-refractivity contribution < 1.29 is 14.3 Å². The number of hydrogen-bond acceptors (Lipinski definition) is 4. The number of allylic oxidation sites excluding steroid dienone is 1. The van der Waals surface area contributed by atoms with Crippen LogP contribution in [0.15, 0.2) is 25.3 Å². The van der Waals surface area contributed by atoms with Crippen LogP contribution in [0.5, 0.6) is 0 Å². The van der Waals surface area contributed by atoms with E-state index >= 15 is 0 Å². The quantitative estimate of drug-likeness (QED) is 0.285. The Morgan fingerprint density at radius 3 is 2.35 bits per heavy atom. The van der Waals surface area contributed by atoms with Gasteiger partial charge in [-0.2, -0.15) is 0 Å². The summed E-state index contributed by atoms with van der Waals surface area (Å²) in [6.07, 6.45) is 6.58. The van der Waals surface area contributed by atoms with Gasteiger partial charge in [0, 0.05) is 25.7 Å². The lowest BCUT2D eigenvalue weighted by Crippen LogP contribution is -2.25. The van der Waals surface area contributed by atoms with Gasteiger partial charge in [0.1, 0.15) is 0 Å². The Balaban J connectivity index is 3.08. The molecule has 0 rings (SSSR count). The van der Waals surface area contributed by atoms with E-state index in [2.05, 4.69) is 25.4 Å². The third kappa shape index (κ3) is 13.5. The molecule has 0 aliphatic rings. The third-order valence-corrected chi connectivity index (χ3v) is 2.85. The summed E-state index contributed by atoms with van der Waals surface area (Å²) < 4.78 is 10.9. The molecule has 0 saturated heterocycles. The van der Waals surface area contributed by atoms with Crippen LogP contribution >= 0.6 is 0 Å². The van der Waals surface area contributed by atoms with E-state index in [9.17, 15) is 4.79 Å². The van der Waals surface area contributed by atoms with Crippen molar-refractivity contribution in [1.82, 2.24) is 5.32 Å². The lowest BCUT2D eigenvalue weighted by Gasteiger charge is -2.09. The van der Waals surface area contributed by atoms with Gasteiger partial charge in [-0.1, -0.05) is 12.7 Å². The van der Waals surface area contributed by atoms with Crippen molar-refractivity contribution in [1.29, 1.82) is 0 Å². The zero-order valence-electron chi connectivity index (χ0n) is 12.7. The Bertz CT molecular complexity index is 266. The second kappa shape index (κ2) is 14.4. The molecule has 0 aromatic carbocycles. The van der Waals surface area contributed by atoms with Gasteiger partial charge < -0.3 is 14.8 Å². The molecule has 0 aromatic rings. The number of unbranched alkanes of at least 4 members (excludes halogenated alkanes) is 1. The summed E-state index contributed by atoms with van der Waals surface area (Å²) in [6, 6.07) is 0.353. The molecule has 4 heteroatoms. The first kappa shape index (κ1) is 19.0. The summed E-state index contributed by atoms with van der Waals surface area (Å²) in [4.78, 5) is 10.9. The van der Waals surface area contributed by atoms with Crippen LogP contribution in [-0.2, 0) is 14.3 Å². The summed E-state index contributed by atoms with van der Waals surface area (Å²) in [5, 5.41) is 3.31. The van der Waals surface area contributed by atoms with Gasteiger partial charge in [0.15, 0.2) is 5.78 Å². The van der Waals surface area contributed by atoms with Crippen LogP contribution in [0.25, 0.3) is 0 Å². The maximum atomic E-state index is 10.9. The van der Waals surface area contributed by atoms with Crippen LogP contribution in [0.3, 0.4) is 0 Å². The van der Waals surface area contributed by atoms with Crippen molar-refractivity contribution in [3.63, 3.8) is 0 Å². The SMILES string of the molecule is C=CC(=O)CCCCOCCOCCCNC(C)C=C. The van der Waals surface area contributed by atoms with Crippen molar-refractivity contribution in [2.45, 2.75) is 38.6 Å². The highest BCUT2D eigenvalue weighted by Crippen LogP contribution is 1.97. The highest BCUT2D eigenvalue weighted by molar-refractivity contribution is 5.88. The van der Waals surface area contributed by atoms with Gasteiger partial charge >= 0.3 is 0 Å². The second-order valence-corrected chi connectivity index (χ2v) is 4.68. The second-order valence-electron chi connectivity index (χ2n) is 4.68. The average molecular weight is 283 g/mol. The summed E-state index contributed by atoms with van der Waals surface area (Å²) in [5.41, 5.74) is 0. The topological polar surface area (TPSA) is 47.6 Å². The fraction of sp³-hybridized carbons (Fsp3) is 0.688. The van der Waals surface area contributed by atoms with Crippen LogP contribution < -0.4 is 5.32 Å². The van der Waals surface area contributed by atoms with E-state index in [1.807, 2.05) is 6.08 Å². The molecule has 116 valence electrons. The molecule has 0 aliphatic heterocycles. The van der Waals surface area contributed by atoms with Crippen molar-refractivity contribution >= 4 is 5.78 Å². The smallest absolute Gasteiger partial charge is 0.155 e. The van der Waals surface area contributed by atoms with Gasteiger partial charge in [-0.15, -0.1) is 6.58 Å². The van der Waals surface area contributed by atoms with Gasteiger partial charge in [-0.25, -0.2) is 0 Å². The van der Waals surface area contributed by atoms with Crippen molar-refractivity contribution in [3.8, 4) is 0 Å². The first-order chi connectivity index (χ1) is 9.70. The van der Waals surface area contributed by atoms with Gasteiger partial charge in [-0.05, 0) is 38.8 Å². The zero-order valence-corrected chi connectivity index (χ0v) is 12.7. The summed E-state index contributed by atoms with van der Waals surface area (Å²) in [5.74, 6) is 0.104. The largest absolute Gasteiger partial charge is 0.379 e. The highest BCUT2D eigenvalue weighted by Gasteiger charge is 1.96. The molecular formula is C16H29NO3. The molecule has 0 radical (unpaired) electrons. The molecule has 0 amide bonds. The molecule has 1 N–H and O–H groups in total. The normalized spacial score (nSPS) is 12.1. The van der Waals surface area contributed by atoms with Crippen LogP contribution in [-0.4, -0.2) is 44.8 Å². The number of carbonyl (C=O) groups is 1. The summed E-state index contributed by atoms with van der Waals surface area (Å²) in [7, 11) is 0. The molecule has 0 spiro atoms. The Morgan fingerprint density at radius 2 is 1.75 bits per heavy atom. The first-order valence-electron chi connectivity index (χ1n) is 7.37. The molecule has 0 aliphatic carbocycles. The fourth-order valence-electron chi connectivity index (χ4n) is 1.51. The maximum absolute atomic E-state index is 10.9. The number of hydrogen-bond donors (Lipinski definition) is 1. The van der Waals surface area contributed by atoms with Crippen LogP contribution in [0, 0.1) is 0 Å². The lowest BCUT2D eigenvalue weighted by molar-refractivity contribution is -0.114. The van der Waals surface area contributed by atoms with Gasteiger partial charge in [0.25, 0.3) is 0 Å². The van der Waals surface area contributed by atoms with Gasteiger partial charge in [-0.3, -0.25) is 4.79 Å². The Labute approximate surface area is 123 Å². The van der Waals surface area contributed by atoms with E-state index in [0.29, 0.717) is 32.3 Å². The minimum absolute atomic E-state index is 0.104. The van der Waals surface area contributed by atoms with E-state index in [4.69, 9.17) is 9.47 Å². The minimum Gasteiger partial charge on any atom is -0.379 e. The standard InChI is InChI=1S/C16H29NO3/c1-4-15(3)17-10-8-12-20-14-13-19-11-7-6-9-16(18)5-2/h4-5,15,17H,1-2,6-14H2,3H3. The third-order valence-electron chi connectivity index (χ3n) is 2.85. The van der Waals surface area contributed by atoms with Crippen molar-refractivity contribution in [2.75, 3.05) is 33.0 Å². The lowest BCUT2D eigenvalue weighted by atomic mass is 10.2. The summed E-state index contributed by atoms with van der Waals surface area (Å²) >= 11 is 0. The number of nitrogens with one attached hydrogen (secondary N) is 1. The van der Waals surface area contributed by atoms with E-state index in [1.54, 1.807) is 0 Å². The Hall–Kier alpha value is -0.970. The number of carbonyl (C=O) groups excluding carboxylic acids is 1. The molecule has 20 heavy (non-hydrogen) atoms. The number of rotatable bonds is 15. The maximum Gasteiger partial charge on any atom is 0.155 e. The van der Waals surface area contributed by atoms with E-state index in [-0.39, 0.29) is 5.78 Å². The van der Waals surface area contributed by atoms with E-state index < -0.39 is 0 Å². The molecule has 0 aromatic heterocycles. The van der Waals surface area contributed by atoms with E-state index in [0.717, 1.165) is 32.4 Å². The molecule has 0 fully saturated rings. The Morgan fingerprint density at radius 1 is 1.10 bits per heavy atom. The van der Waals surface area contributed by atoms with Crippen LogP contribution in [0.1, 0.15) is 32.6 Å². The van der Waals surface area contributed by atoms with Crippen LogP contribution in [0.4, 0.5) is 0 Å². The molecule has 0 bridgehead atoms. The minimum atomic E-state index is 0.104. The predicted octanol–water partition coefficient (Wildman–Crippen LogP) is 2.50. The van der Waals surface area contributed by atoms with Gasteiger partial charge in [0.2, 0.25) is 0 Å². The zero-order chi connectivity index (χ0) is 15.1. The number of ether oxygens (including phenoxy) is 2. The van der Waals surface area contributed by atoms with Crippen LogP contribution in [0.2, 0.25) is 0 Å². The molecule has 4 nitrogen and oxygen atoms in total. The Kier molecular flexibility index (Phi) is 13.7. The van der Waals surface area contributed by atoms with Gasteiger partial charge in [0.05, 0.1) is 13.2 Å². The molecular weight excluding hydrogens is 254 g/mol. The van der Waals surface area contributed by atoms with Crippen molar-refractivity contribution in [2.24, 2.45) is 0 Å². The highest BCUT2D eigenvalue weighted by atomic mass is 16.5. The molecule has 1 unspecified atom stereocenters. The summed E-state index contributed by atoms with van der Waals surface area (Å²) in [6.45, 7) is 12.8. The first-order valence-corrected chi connectivity index (χ1v) is 7.37. The monoisotopic (exact) mass is 283 g/mol. The van der Waals surface area contributed by atoms with Crippen molar-refractivity contribution in [3.05, 3.63) is 25.3 Å². The molecule has 1 atom stereocenters. The predicted molar refractivity (Wildman–Crippen MR) is 83.0 cm³/mol. The molecule has 0 saturated carbocycles. The average Bonchev–Trinajstić information content (AvgIpc) is 2.47. The fourth-order valence-corrected chi connectivity index (χ4v) is 1.51. The number of ketones is 1. The van der Waals surface area contributed by atoms with E-state index in [1.165, 1.54) is 6.08 Å². The molecule has 0 heterocycles.